The van der Waals surface area contributed by atoms with Crippen LogP contribution in [0.4, 0.5) is 0 Å². The molecule has 0 radical (unpaired) electrons. The number of nitrogens with one attached hydrogen (secondary N) is 1. The van der Waals surface area contributed by atoms with Crippen molar-refractivity contribution in [2.24, 2.45) is 5.92 Å². The van der Waals surface area contributed by atoms with E-state index in [4.69, 9.17) is 0 Å². The standard InChI is InChI=1S/C13H27N3/c1-12(2)14-5-6-15-7-9-16(10-8-15)11-13-3-4-13/h12-14H,3-11H2,1-2H3. The zero-order valence-electron chi connectivity index (χ0n) is 10.9. The lowest BCUT2D eigenvalue weighted by Gasteiger charge is -2.34. The van der Waals surface area contributed by atoms with E-state index in [1.54, 1.807) is 0 Å². The molecule has 94 valence electrons. The van der Waals surface area contributed by atoms with E-state index in [1.165, 1.54) is 52.1 Å². The molecule has 3 heteroatoms. The Labute approximate surface area is 100 Å². The Balaban J connectivity index is 1.53. The summed E-state index contributed by atoms with van der Waals surface area (Å²) >= 11 is 0. The van der Waals surface area contributed by atoms with Gasteiger partial charge in [0.2, 0.25) is 0 Å². The highest BCUT2D eigenvalue weighted by atomic mass is 15.3. The second-order valence-electron chi connectivity index (χ2n) is 5.69. The summed E-state index contributed by atoms with van der Waals surface area (Å²) < 4.78 is 0. The Morgan fingerprint density at radius 1 is 1.06 bits per heavy atom. The van der Waals surface area contributed by atoms with Gasteiger partial charge in [0.25, 0.3) is 0 Å². The average molecular weight is 225 g/mol. The molecule has 0 aromatic carbocycles. The van der Waals surface area contributed by atoms with Gasteiger partial charge in [-0.05, 0) is 18.8 Å². The van der Waals surface area contributed by atoms with Gasteiger partial charge in [0, 0.05) is 51.9 Å². The van der Waals surface area contributed by atoms with Crippen molar-refractivity contribution in [1.82, 2.24) is 15.1 Å². The van der Waals surface area contributed by atoms with Gasteiger partial charge in [0.05, 0.1) is 0 Å². The van der Waals surface area contributed by atoms with Crippen molar-refractivity contribution >= 4 is 0 Å². The first kappa shape index (κ1) is 12.3. The highest BCUT2D eigenvalue weighted by Crippen LogP contribution is 2.29. The zero-order valence-corrected chi connectivity index (χ0v) is 10.9. The summed E-state index contributed by atoms with van der Waals surface area (Å²) in [6, 6.07) is 0.621. The molecule has 2 fully saturated rings. The Kier molecular flexibility index (Phi) is 4.62. The summed E-state index contributed by atoms with van der Waals surface area (Å²) in [7, 11) is 0. The molecular formula is C13H27N3. The summed E-state index contributed by atoms with van der Waals surface area (Å²) in [4.78, 5) is 5.25. The molecule has 0 amide bonds. The molecule has 0 atom stereocenters. The summed E-state index contributed by atoms with van der Waals surface area (Å²) in [6.45, 7) is 13.3. The molecular weight excluding hydrogens is 198 g/mol. The third-order valence-corrected chi connectivity index (χ3v) is 3.66. The van der Waals surface area contributed by atoms with Gasteiger partial charge in [-0.3, -0.25) is 4.90 Å². The summed E-state index contributed by atoms with van der Waals surface area (Å²) in [5.74, 6) is 1.05. The normalized spacial score (nSPS) is 24.2. The maximum Gasteiger partial charge on any atom is 0.0110 e. The van der Waals surface area contributed by atoms with Crippen molar-refractivity contribution in [2.75, 3.05) is 45.8 Å². The monoisotopic (exact) mass is 225 g/mol. The van der Waals surface area contributed by atoms with Gasteiger partial charge in [0.1, 0.15) is 0 Å². The fourth-order valence-corrected chi connectivity index (χ4v) is 2.37. The van der Waals surface area contributed by atoms with E-state index in [9.17, 15) is 0 Å². The number of rotatable bonds is 6. The molecule has 1 saturated heterocycles. The lowest BCUT2D eigenvalue weighted by atomic mass is 10.2. The van der Waals surface area contributed by atoms with Crippen molar-refractivity contribution < 1.29 is 0 Å². The van der Waals surface area contributed by atoms with Crippen molar-refractivity contribution in [1.29, 1.82) is 0 Å². The van der Waals surface area contributed by atoms with E-state index >= 15 is 0 Å². The second-order valence-corrected chi connectivity index (χ2v) is 5.69. The van der Waals surface area contributed by atoms with E-state index in [0.717, 1.165) is 12.5 Å². The first-order valence-corrected chi connectivity index (χ1v) is 6.92. The van der Waals surface area contributed by atoms with Crippen molar-refractivity contribution in [3.63, 3.8) is 0 Å². The second kappa shape index (κ2) is 5.99. The minimum absolute atomic E-state index is 0.621. The van der Waals surface area contributed by atoms with Crippen molar-refractivity contribution in [3.8, 4) is 0 Å². The van der Waals surface area contributed by atoms with Crippen LogP contribution < -0.4 is 5.32 Å². The first-order valence-electron chi connectivity index (χ1n) is 6.92. The van der Waals surface area contributed by atoms with Crippen molar-refractivity contribution in [2.45, 2.75) is 32.7 Å². The molecule has 2 aliphatic rings. The number of hydrogen-bond acceptors (Lipinski definition) is 3. The van der Waals surface area contributed by atoms with Crippen LogP contribution in [0.3, 0.4) is 0 Å². The molecule has 0 unspecified atom stereocenters. The van der Waals surface area contributed by atoms with E-state index in [2.05, 4.69) is 29.0 Å². The number of hydrogen-bond donors (Lipinski definition) is 1. The van der Waals surface area contributed by atoms with Crippen LogP contribution in [-0.2, 0) is 0 Å². The molecule has 0 spiro atoms. The van der Waals surface area contributed by atoms with Crippen LogP contribution in [0.1, 0.15) is 26.7 Å². The van der Waals surface area contributed by atoms with Gasteiger partial charge < -0.3 is 10.2 Å². The highest BCUT2D eigenvalue weighted by Gasteiger charge is 2.26. The van der Waals surface area contributed by atoms with E-state index in [0.29, 0.717) is 6.04 Å². The SMILES string of the molecule is CC(C)NCCN1CCN(CC2CC2)CC1. The fraction of sp³-hybridized carbons (Fsp3) is 1.00. The maximum absolute atomic E-state index is 3.49. The summed E-state index contributed by atoms with van der Waals surface area (Å²) in [6.07, 6.45) is 2.97. The Morgan fingerprint density at radius 3 is 2.25 bits per heavy atom. The molecule has 1 aliphatic carbocycles. The smallest absolute Gasteiger partial charge is 0.0110 e. The summed E-state index contributed by atoms with van der Waals surface area (Å²) in [5.41, 5.74) is 0. The lowest BCUT2D eigenvalue weighted by molar-refractivity contribution is 0.128. The molecule has 0 aromatic heterocycles. The van der Waals surface area contributed by atoms with Gasteiger partial charge in [-0.1, -0.05) is 13.8 Å². The molecule has 0 bridgehead atoms. The van der Waals surface area contributed by atoms with Crippen molar-refractivity contribution in [3.05, 3.63) is 0 Å². The number of nitrogens with zero attached hydrogens (tertiary/aromatic N) is 2. The first-order chi connectivity index (χ1) is 7.74. The molecule has 1 N–H and O–H groups in total. The molecule has 2 rings (SSSR count). The zero-order chi connectivity index (χ0) is 11.4. The van der Waals surface area contributed by atoms with Crippen LogP contribution in [0, 0.1) is 5.92 Å². The van der Waals surface area contributed by atoms with Gasteiger partial charge in [-0.2, -0.15) is 0 Å². The third kappa shape index (κ3) is 4.40. The van der Waals surface area contributed by atoms with Crippen LogP contribution in [0.25, 0.3) is 0 Å². The molecule has 1 heterocycles. The molecule has 3 nitrogen and oxygen atoms in total. The Hall–Kier alpha value is -0.120. The van der Waals surface area contributed by atoms with E-state index in [1.807, 2.05) is 0 Å². The minimum atomic E-state index is 0.621. The largest absolute Gasteiger partial charge is 0.313 e. The molecule has 0 aromatic rings. The van der Waals surface area contributed by atoms with E-state index < -0.39 is 0 Å². The highest BCUT2D eigenvalue weighted by molar-refractivity contribution is 4.80. The summed E-state index contributed by atoms with van der Waals surface area (Å²) in [5, 5.41) is 3.49. The van der Waals surface area contributed by atoms with Crippen LogP contribution in [0.5, 0.6) is 0 Å². The quantitative estimate of drug-likeness (QED) is 0.728. The van der Waals surface area contributed by atoms with Gasteiger partial charge in [-0.25, -0.2) is 0 Å². The van der Waals surface area contributed by atoms with E-state index in [-0.39, 0.29) is 0 Å². The van der Waals surface area contributed by atoms with Crippen LogP contribution in [0.15, 0.2) is 0 Å². The predicted molar refractivity (Wildman–Crippen MR) is 68.7 cm³/mol. The van der Waals surface area contributed by atoms with Crippen LogP contribution >= 0.6 is 0 Å². The fourth-order valence-electron chi connectivity index (χ4n) is 2.37. The third-order valence-electron chi connectivity index (χ3n) is 3.66. The topological polar surface area (TPSA) is 18.5 Å². The van der Waals surface area contributed by atoms with Gasteiger partial charge in [0.15, 0.2) is 0 Å². The van der Waals surface area contributed by atoms with Crippen LogP contribution in [0.2, 0.25) is 0 Å². The predicted octanol–water partition coefficient (Wildman–Crippen LogP) is 1.01. The maximum atomic E-state index is 3.49. The molecule has 16 heavy (non-hydrogen) atoms. The molecule has 1 aliphatic heterocycles. The van der Waals surface area contributed by atoms with Gasteiger partial charge >= 0.3 is 0 Å². The average Bonchev–Trinajstić information content (AvgIpc) is 3.04. The Bertz CT molecular complexity index is 193. The van der Waals surface area contributed by atoms with Gasteiger partial charge in [-0.15, -0.1) is 0 Å². The van der Waals surface area contributed by atoms with Crippen LogP contribution in [-0.4, -0.2) is 61.7 Å². The Morgan fingerprint density at radius 2 is 1.69 bits per heavy atom. The molecule has 1 saturated carbocycles. The number of piperazine rings is 1. The minimum Gasteiger partial charge on any atom is -0.313 e. The lowest BCUT2D eigenvalue weighted by Crippen LogP contribution is -2.48.